The SMILES string of the molecule is Nc1[nH]nc(NC2(O)CCCC2)c1-c1nc2ccccc2s1. The summed E-state index contributed by atoms with van der Waals surface area (Å²) < 4.78 is 1.10. The van der Waals surface area contributed by atoms with Crippen molar-refractivity contribution in [3.63, 3.8) is 0 Å². The average molecular weight is 315 g/mol. The zero-order valence-corrected chi connectivity index (χ0v) is 12.8. The van der Waals surface area contributed by atoms with Gasteiger partial charge in [-0.2, -0.15) is 5.10 Å². The van der Waals surface area contributed by atoms with Crippen LogP contribution in [0.2, 0.25) is 0 Å². The third kappa shape index (κ3) is 2.22. The number of aromatic amines is 1. The molecule has 1 saturated carbocycles. The van der Waals surface area contributed by atoms with E-state index in [9.17, 15) is 5.11 Å². The van der Waals surface area contributed by atoms with Gasteiger partial charge in [-0.05, 0) is 37.8 Å². The molecule has 3 aromatic rings. The van der Waals surface area contributed by atoms with Crippen LogP contribution in [0.3, 0.4) is 0 Å². The van der Waals surface area contributed by atoms with Crippen LogP contribution >= 0.6 is 11.3 Å². The predicted molar refractivity (Wildman–Crippen MR) is 88.7 cm³/mol. The van der Waals surface area contributed by atoms with E-state index in [1.165, 1.54) is 0 Å². The van der Waals surface area contributed by atoms with Gasteiger partial charge in [0.05, 0.1) is 15.8 Å². The van der Waals surface area contributed by atoms with Gasteiger partial charge in [0.15, 0.2) is 5.82 Å². The Balaban J connectivity index is 1.76. The molecule has 6 nitrogen and oxygen atoms in total. The number of aromatic nitrogens is 3. The Morgan fingerprint density at radius 3 is 2.82 bits per heavy atom. The van der Waals surface area contributed by atoms with Gasteiger partial charge in [-0.15, -0.1) is 11.3 Å². The Bertz CT molecular complexity index is 785. The minimum atomic E-state index is -0.896. The maximum atomic E-state index is 10.5. The predicted octanol–water partition coefficient (Wildman–Crippen LogP) is 2.94. The fourth-order valence-electron chi connectivity index (χ4n) is 2.95. The number of nitrogen functional groups attached to an aromatic ring is 1. The highest BCUT2D eigenvalue weighted by Gasteiger charge is 2.33. The van der Waals surface area contributed by atoms with E-state index in [1.54, 1.807) is 11.3 Å². The summed E-state index contributed by atoms with van der Waals surface area (Å²) in [6, 6.07) is 7.96. The van der Waals surface area contributed by atoms with Crippen molar-refractivity contribution >= 4 is 33.2 Å². The third-order valence-electron chi connectivity index (χ3n) is 4.08. The van der Waals surface area contributed by atoms with Crippen LogP contribution in [0.15, 0.2) is 24.3 Å². The lowest BCUT2D eigenvalue weighted by atomic mass is 10.1. The molecule has 0 amide bonds. The Morgan fingerprint density at radius 2 is 2.05 bits per heavy atom. The van der Waals surface area contributed by atoms with Crippen LogP contribution < -0.4 is 11.1 Å². The van der Waals surface area contributed by atoms with E-state index < -0.39 is 5.72 Å². The molecule has 1 aliphatic carbocycles. The monoisotopic (exact) mass is 315 g/mol. The van der Waals surface area contributed by atoms with E-state index in [-0.39, 0.29) is 0 Å². The first-order valence-electron chi connectivity index (χ1n) is 7.35. The van der Waals surface area contributed by atoms with Crippen molar-refractivity contribution in [1.29, 1.82) is 0 Å². The van der Waals surface area contributed by atoms with Gasteiger partial charge in [-0.3, -0.25) is 5.10 Å². The molecule has 0 bridgehead atoms. The Labute approximate surface area is 131 Å². The zero-order valence-electron chi connectivity index (χ0n) is 12.0. The van der Waals surface area contributed by atoms with E-state index in [0.717, 1.165) is 46.5 Å². The number of aliphatic hydroxyl groups is 1. The molecule has 0 atom stereocenters. The number of fused-ring (bicyclic) bond motifs is 1. The van der Waals surface area contributed by atoms with E-state index in [4.69, 9.17) is 5.73 Å². The molecule has 1 aliphatic rings. The minimum absolute atomic E-state index is 0.461. The van der Waals surface area contributed by atoms with Gasteiger partial charge in [0.1, 0.15) is 16.6 Å². The van der Waals surface area contributed by atoms with Gasteiger partial charge in [0.2, 0.25) is 0 Å². The van der Waals surface area contributed by atoms with Crippen LogP contribution in [0, 0.1) is 0 Å². The van der Waals surface area contributed by atoms with Gasteiger partial charge in [-0.25, -0.2) is 4.98 Å². The van der Waals surface area contributed by atoms with Crippen molar-refractivity contribution in [3.8, 4) is 10.6 Å². The van der Waals surface area contributed by atoms with Crippen LogP contribution in [0.5, 0.6) is 0 Å². The van der Waals surface area contributed by atoms with Gasteiger partial charge in [0.25, 0.3) is 0 Å². The van der Waals surface area contributed by atoms with Crippen LogP contribution in [0.25, 0.3) is 20.8 Å². The Kier molecular flexibility index (Phi) is 3.05. The number of H-pyrrole nitrogens is 1. The molecule has 5 N–H and O–H groups in total. The van der Waals surface area contributed by atoms with Gasteiger partial charge >= 0.3 is 0 Å². The lowest BCUT2D eigenvalue weighted by Crippen LogP contribution is -2.34. The number of anilines is 2. The molecule has 7 heteroatoms. The van der Waals surface area contributed by atoms with Gasteiger partial charge in [-0.1, -0.05) is 12.1 Å². The van der Waals surface area contributed by atoms with Crippen molar-refractivity contribution < 1.29 is 5.11 Å². The number of hydrogen-bond donors (Lipinski definition) is 4. The molecule has 0 unspecified atom stereocenters. The maximum absolute atomic E-state index is 10.5. The summed E-state index contributed by atoms with van der Waals surface area (Å²) in [4.78, 5) is 4.63. The number of nitrogens with two attached hydrogens (primary N) is 1. The maximum Gasteiger partial charge on any atom is 0.162 e. The summed E-state index contributed by atoms with van der Waals surface area (Å²) in [6.07, 6.45) is 3.47. The summed E-state index contributed by atoms with van der Waals surface area (Å²) >= 11 is 1.57. The molecular formula is C15H17N5OS. The molecule has 0 saturated heterocycles. The van der Waals surface area contributed by atoms with Crippen LogP contribution in [0.4, 0.5) is 11.6 Å². The normalized spacial score (nSPS) is 17.1. The van der Waals surface area contributed by atoms with Crippen LogP contribution in [0.1, 0.15) is 25.7 Å². The third-order valence-corrected chi connectivity index (χ3v) is 5.14. The first-order valence-corrected chi connectivity index (χ1v) is 8.17. The van der Waals surface area contributed by atoms with Crippen molar-refractivity contribution in [2.75, 3.05) is 11.1 Å². The summed E-state index contributed by atoms with van der Waals surface area (Å²) in [5.41, 5.74) is 6.82. The largest absolute Gasteiger partial charge is 0.383 e. The lowest BCUT2D eigenvalue weighted by molar-refractivity contribution is 0.0775. The summed E-state index contributed by atoms with van der Waals surface area (Å²) in [7, 11) is 0. The summed E-state index contributed by atoms with van der Waals surface area (Å²) in [5.74, 6) is 1.03. The Morgan fingerprint density at radius 1 is 1.27 bits per heavy atom. The summed E-state index contributed by atoms with van der Waals surface area (Å²) in [5, 5.41) is 21.5. The second-order valence-corrected chi connectivity index (χ2v) is 6.74. The molecule has 22 heavy (non-hydrogen) atoms. The average Bonchev–Trinajstić information content (AvgIpc) is 3.18. The highest BCUT2D eigenvalue weighted by atomic mass is 32.1. The zero-order chi connectivity index (χ0) is 15.2. The molecular weight excluding hydrogens is 298 g/mol. The van der Waals surface area contributed by atoms with Crippen LogP contribution in [-0.2, 0) is 0 Å². The second-order valence-electron chi connectivity index (χ2n) is 5.71. The molecule has 4 rings (SSSR count). The van der Waals surface area contributed by atoms with Crippen molar-refractivity contribution in [2.45, 2.75) is 31.4 Å². The minimum Gasteiger partial charge on any atom is -0.383 e. The number of benzene rings is 1. The van der Waals surface area contributed by atoms with Crippen molar-refractivity contribution in [2.24, 2.45) is 0 Å². The fraction of sp³-hybridized carbons (Fsp3) is 0.333. The first-order chi connectivity index (χ1) is 10.6. The molecule has 114 valence electrons. The number of nitrogens with one attached hydrogen (secondary N) is 2. The number of nitrogens with zero attached hydrogens (tertiary/aromatic N) is 2. The number of rotatable bonds is 3. The van der Waals surface area contributed by atoms with Gasteiger partial charge in [0, 0.05) is 0 Å². The molecule has 0 spiro atoms. The fourth-order valence-corrected chi connectivity index (χ4v) is 3.97. The van der Waals surface area contributed by atoms with E-state index in [2.05, 4.69) is 20.5 Å². The first kappa shape index (κ1) is 13.5. The van der Waals surface area contributed by atoms with Crippen molar-refractivity contribution in [3.05, 3.63) is 24.3 Å². The quantitative estimate of drug-likeness (QED) is 0.557. The molecule has 1 fully saturated rings. The second kappa shape index (κ2) is 4.96. The number of hydrogen-bond acceptors (Lipinski definition) is 6. The molecule has 2 heterocycles. The van der Waals surface area contributed by atoms with Gasteiger partial charge < -0.3 is 16.2 Å². The number of para-hydroxylation sites is 1. The Hall–Kier alpha value is -2.12. The highest BCUT2D eigenvalue weighted by Crippen LogP contribution is 2.39. The standard InChI is InChI=1S/C15H17N5OS/c16-12-11(14-17-9-5-1-2-6-10(9)22-14)13(20-19-12)18-15(21)7-3-4-8-15/h1-2,5-6,21H,3-4,7-8H2,(H4,16,18,19,20). The van der Waals surface area contributed by atoms with E-state index in [1.807, 2.05) is 24.3 Å². The molecule has 2 aromatic heterocycles. The number of thiazole rings is 1. The molecule has 0 radical (unpaired) electrons. The topological polar surface area (TPSA) is 99.9 Å². The summed E-state index contributed by atoms with van der Waals surface area (Å²) in [6.45, 7) is 0. The van der Waals surface area contributed by atoms with Crippen molar-refractivity contribution in [1.82, 2.24) is 15.2 Å². The molecule has 0 aliphatic heterocycles. The smallest absolute Gasteiger partial charge is 0.162 e. The van der Waals surface area contributed by atoms with Crippen LogP contribution in [-0.4, -0.2) is 26.0 Å². The molecule has 1 aromatic carbocycles. The van der Waals surface area contributed by atoms with E-state index >= 15 is 0 Å². The highest BCUT2D eigenvalue weighted by molar-refractivity contribution is 7.21. The van der Waals surface area contributed by atoms with E-state index in [0.29, 0.717) is 11.6 Å². The lowest BCUT2D eigenvalue weighted by Gasteiger charge is -2.23.